The Morgan fingerprint density at radius 3 is 0.821 bits per heavy atom. The van der Waals surface area contributed by atoms with Crippen LogP contribution in [0.4, 0.5) is 0 Å². The fraction of sp³-hybridized carbons (Fsp3) is 0.379. The molecule has 4 unspecified atom stereocenters. The van der Waals surface area contributed by atoms with Crippen LogP contribution in [0, 0.1) is 5.92 Å². The van der Waals surface area contributed by atoms with Crippen molar-refractivity contribution in [2.45, 2.75) is 83.0 Å². The first-order valence-corrected chi connectivity index (χ1v) is 23.5. The zero-order valence-electron chi connectivity index (χ0n) is 40.0. The molecule has 0 spiro atoms. The highest BCUT2D eigenvalue weighted by atomic mass is 16.6. The summed E-state index contributed by atoms with van der Waals surface area (Å²) in [4.78, 5) is 0. The van der Waals surface area contributed by atoms with E-state index in [9.17, 15) is 5.11 Å². The zero-order chi connectivity index (χ0) is 47.0. The number of rotatable bonds is 24. The van der Waals surface area contributed by atoms with E-state index in [1.807, 2.05) is 72.8 Å². The average Bonchev–Trinajstić information content (AvgIpc) is 4.30. The molecule has 2 aliphatic heterocycles. The largest absolute Gasteiger partial charge is 0.493 e. The lowest BCUT2D eigenvalue weighted by Crippen LogP contribution is -2.25. The number of hydrogen-bond acceptors (Lipinski definition) is 9. The van der Waals surface area contributed by atoms with Gasteiger partial charge >= 0.3 is 0 Å². The summed E-state index contributed by atoms with van der Waals surface area (Å²) in [5.74, 6) is 4.95. The van der Waals surface area contributed by atoms with Gasteiger partial charge in [0.1, 0.15) is 79.2 Å². The molecule has 0 aliphatic carbocycles. The Labute approximate surface area is 396 Å². The minimum atomic E-state index is -0.796. The third kappa shape index (κ3) is 12.7. The molecule has 0 aromatic heterocycles. The van der Waals surface area contributed by atoms with Crippen LogP contribution in [0.3, 0.4) is 0 Å². The number of epoxide rings is 2. The van der Waals surface area contributed by atoms with E-state index in [0.717, 1.165) is 47.3 Å². The van der Waals surface area contributed by atoms with Gasteiger partial charge in [0, 0.05) is 22.2 Å². The summed E-state index contributed by atoms with van der Waals surface area (Å²) >= 11 is 0. The number of hydrogen-bond donors (Lipinski definition) is 1. The lowest BCUT2D eigenvalue weighted by atomic mass is 9.78. The topological polar surface area (TPSA) is 101 Å². The number of ether oxygens (including phenoxy) is 8. The highest BCUT2D eigenvalue weighted by molar-refractivity contribution is 5.45. The Morgan fingerprint density at radius 2 is 0.597 bits per heavy atom. The van der Waals surface area contributed by atoms with Crippen LogP contribution in [0.2, 0.25) is 0 Å². The molecule has 6 aromatic carbocycles. The highest BCUT2D eigenvalue weighted by Crippen LogP contribution is 2.36. The second-order valence-corrected chi connectivity index (χ2v) is 19.6. The van der Waals surface area contributed by atoms with Gasteiger partial charge in [0.15, 0.2) is 0 Å². The molecule has 4 atom stereocenters. The maximum atomic E-state index is 10.7. The predicted octanol–water partition coefficient (Wildman–Crippen LogP) is 11.1. The van der Waals surface area contributed by atoms with Crippen LogP contribution in [-0.2, 0) is 25.7 Å². The van der Waals surface area contributed by atoms with Crippen molar-refractivity contribution in [3.8, 4) is 34.5 Å². The van der Waals surface area contributed by atoms with Crippen molar-refractivity contribution in [1.82, 2.24) is 0 Å². The monoisotopic (exact) mass is 906 g/mol. The highest BCUT2D eigenvalue weighted by Gasteiger charge is 2.27. The second kappa shape index (κ2) is 20.9. The zero-order valence-corrected chi connectivity index (χ0v) is 40.0. The van der Waals surface area contributed by atoms with Crippen LogP contribution in [0.15, 0.2) is 146 Å². The first kappa shape index (κ1) is 47.5. The molecule has 0 saturated carbocycles. The Kier molecular flexibility index (Phi) is 14.8. The molecule has 9 heteroatoms. The van der Waals surface area contributed by atoms with Crippen molar-refractivity contribution in [2.75, 3.05) is 52.9 Å². The predicted molar refractivity (Wildman–Crippen MR) is 263 cm³/mol. The van der Waals surface area contributed by atoms with Gasteiger partial charge in [-0.1, -0.05) is 121 Å². The molecule has 9 nitrogen and oxygen atoms in total. The van der Waals surface area contributed by atoms with Crippen LogP contribution in [0.1, 0.15) is 81.8 Å². The molecule has 6 aromatic rings. The van der Waals surface area contributed by atoms with Crippen molar-refractivity contribution in [2.24, 2.45) is 5.92 Å². The Morgan fingerprint density at radius 1 is 0.388 bits per heavy atom. The lowest BCUT2D eigenvalue weighted by molar-refractivity contribution is 0.0626. The van der Waals surface area contributed by atoms with Gasteiger partial charge in [0.05, 0.1) is 26.4 Å². The van der Waals surface area contributed by atoms with Crippen molar-refractivity contribution < 1.29 is 43.0 Å². The molecule has 0 bridgehead atoms. The van der Waals surface area contributed by atoms with Crippen LogP contribution in [0.5, 0.6) is 34.5 Å². The molecule has 2 heterocycles. The van der Waals surface area contributed by atoms with Gasteiger partial charge in [-0.15, -0.1) is 0 Å². The maximum absolute atomic E-state index is 10.7. The van der Waals surface area contributed by atoms with E-state index >= 15 is 0 Å². The van der Waals surface area contributed by atoms with Crippen LogP contribution < -0.4 is 28.4 Å². The van der Waals surface area contributed by atoms with Crippen LogP contribution in [0.25, 0.3) is 0 Å². The van der Waals surface area contributed by atoms with E-state index in [0.29, 0.717) is 37.9 Å². The second-order valence-electron chi connectivity index (χ2n) is 19.6. The van der Waals surface area contributed by atoms with Crippen molar-refractivity contribution in [1.29, 1.82) is 0 Å². The molecule has 8 rings (SSSR count). The van der Waals surface area contributed by atoms with Gasteiger partial charge in [0.2, 0.25) is 0 Å². The quantitative estimate of drug-likeness (QED) is 0.0595. The average molecular weight is 907 g/mol. The molecular weight excluding hydrogens is 841 g/mol. The Bertz CT molecular complexity index is 2280. The summed E-state index contributed by atoms with van der Waals surface area (Å²) in [5.41, 5.74) is 6.47. The van der Waals surface area contributed by atoms with Crippen molar-refractivity contribution in [3.63, 3.8) is 0 Å². The van der Waals surface area contributed by atoms with Crippen LogP contribution >= 0.6 is 0 Å². The summed E-state index contributed by atoms with van der Waals surface area (Å²) in [5, 5.41) is 10.7. The normalized spacial score (nSPS) is 16.7. The van der Waals surface area contributed by atoms with Crippen molar-refractivity contribution in [3.05, 3.63) is 179 Å². The van der Waals surface area contributed by atoms with E-state index < -0.39 is 6.10 Å². The standard InChI is InChI=1S/C58H66O9/c1-40(33-61-49-22-10-42(11-23-49)57(4,5)45-16-28-52(29-17-45)64-36-54-38-66-54)32-60-48-20-8-41(9-21-48)56(2,3)43-12-24-50(25-13-43)62-34-47(59)35-63-51-26-14-44(15-27-51)58(6,7)46-18-30-53(31-19-46)65-37-55-39-67-55/h8-31,40,47,54-55,59H,32-39H2,1-7H3. The van der Waals surface area contributed by atoms with E-state index in [1.165, 1.54) is 22.3 Å². The third-order valence-electron chi connectivity index (χ3n) is 13.1. The summed E-state index contributed by atoms with van der Waals surface area (Å²) < 4.78 is 46.3. The van der Waals surface area contributed by atoms with Gasteiger partial charge in [-0.25, -0.2) is 0 Å². The number of aliphatic hydroxyl groups excluding tert-OH is 1. The Balaban J connectivity index is 0.736. The minimum Gasteiger partial charge on any atom is -0.493 e. The summed E-state index contributed by atoms with van der Waals surface area (Å²) in [7, 11) is 0. The van der Waals surface area contributed by atoms with Gasteiger partial charge < -0.3 is 43.0 Å². The van der Waals surface area contributed by atoms with Gasteiger partial charge in [-0.05, 0) is 106 Å². The van der Waals surface area contributed by atoms with E-state index in [2.05, 4.69) is 121 Å². The van der Waals surface area contributed by atoms with E-state index in [-0.39, 0.29) is 47.6 Å². The molecule has 2 saturated heterocycles. The van der Waals surface area contributed by atoms with Gasteiger partial charge in [-0.2, -0.15) is 0 Å². The number of aliphatic hydroxyl groups is 1. The molecule has 2 aliphatic rings. The molecule has 2 fully saturated rings. The first-order chi connectivity index (χ1) is 32.2. The minimum absolute atomic E-state index is 0.115. The molecule has 67 heavy (non-hydrogen) atoms. The Hall–Kier alpha value is -6.00. The SMILES string of the molecule is CC(COc1ccc(C(C)(C)c2ccc(OCC(O)COc3ccc(C(C)(C)c4ccc(OCC5CO5)cc4)cc3)cc2)cc1)COc1ccc(C(C)(C)c2ccc(OCC3CO3)cc2)cc1. The first-order valence-electron chi connectivity index (χ1n) is 23.5. The molecular formula is C58H66O9. The van der Waals surface area contributed by atoms with Crippen molar-refractivity contribution >= 4 is 0 Å². The van der Waals surface area contributed by atoms with Gasteiger partial charge in [0.25, 0.3) is 0 Å². The molecule has 0 radical (unpaired) electrons. The third-order valence-corrected chi connectivity index (χ3v) is 13.1. The molecule has 1 N–H and O–H groups in total. The van der Waals surface area contributed by atoms with E-state index in [1.54, 1.807) is 0 Å². The summed E-state index contributed by atoms with van der Waals surface area (Å²) in [6, 6.07) is 49.4. The van der Waals surface area contributed by atoms with Gasteiger partial charge in [-0.3, -0.25) is 0 Å². The fourth-order valence-corrected chi connectivity index (χ4v) is 7.97. The smallest absolute Gasteiger partial charge is 0.122 e. The maximum Gasteiger partial charge on any atom is 0.122 e. The molecule has 0 amide bonds. The van der Waals surface area contributed by atoms with E-state index in [4.69, 9.17) is 37.9 Å². The summed E-state index contributed by atoms with van der Waals surface area (Å²) in [6.45, 7) is 19.5. The number of benzene rings is 6. The lowest BCUT2D eigenvalue weighted by Gasteiger charge is -2.27. The molecule has 352 valence electrons. The summed E-state index contributed by atoms with van der Waals surface area (Å²) in [6.07, 6.45) is -0.321. The van der Waals surface area contributed by atoms with Crippen LogP contribution in [-0.4, -0.2) is 76.3 Å². The fourth-order valence-electron chi connectivity index (χ4n) is 7.97.